The highest BCUT2D eigenvalue weighted by molar-refractivity contribution is 7.92. The summed E-state index contributed by atoms with van der Waals surface area (Å²) in [6, 6.07) is 12.5. The molecule has 0 bridgehead atoms. The monoisotopic (exact) mass is 363 g/mol. The molecule has 0 aliphatic carbocycles. The van der Waals surface area contributed by atoms with Crippen LogP contribution in [-0.2, 0) is 14.8 Å². The van der Waals surface area contributed by atoms with Gasteiger partial charge in [-0.25, -0.2) is 13.2 Å². The number of methoxy groups -OCH3 is 1. The van der Waals surface area contributed by atoms with Crippen molar-refractivity contribution in [1.82, 2.24) is 0 Å². The first-order chi connectivity index (χ1) is 11.9. The molecule has 0 radical (unpaired) electrons. The standard InChI is InChI=1S/C18H21NO5S/c1-4-13-24-18(20)14-9-11-15(12-10-14)25(21,22)19(2)16-7-5-6-8-17(16)23-3/h5-12H,4,13H2,1-3H3. The van der Waals surface area contributed by atoms with Crippen molar-refractivity contribution in [3.05, 3.63) is 54.1 Å². The van der Waals surface area contributed by atoms with E-state index in [1.807, 2.05) is 6.92 Å². The van der Waals surface area contributed by atoms with Crippen LogP contribution in [0.5, 0.6) is 5.75 Å². The first-order valence-electron chi connectivity index (χ1n) is 7.81. The maximum absolute atomic E-state index is 12.8. The van der Waals surface area contributed by atoms with Crippen LogP contribution < -0.4 is 9.04 Å². The predicted molar refractivity (Wildman–Crippen MR) is 95.6 cm³/mol. The molecule has 0 aliphatic rings. The van der Waals surface area contributed by atoms with E-state index in [1.54, 1.807) is 24.3 Å². The summed E-state index contributed by atoms with van der Waals surface area (Å²) in [5.41, 5.74) is 0.740. The van der Waals surface area contributed by atoms with Gasteiger partial charge in [0.1, 0.15) is 5.75 Å². The number of hydrogen-bond acceptors (Lipinski definition) is 5. The minimum atomic E-state index is -3.78. The van der Waals surface area contributed by atoms with Crippen molar-refractivity contribution < 1.29 is 22.7 Å². The third kappa shape index (κ3) is 4.11. The van der Waals surface area contributed by atoms with Crippen LogP contribution >= 0.6 is 0 Å². The van der Waals surface area contributed by atoms with E-state index in [-0.39, 0.29) is 4.90 Å². The van der Waals surface area contributed by atoms with E-state index in [4.69, 9.17) is 9.47 Å². The zero-order chi connectivity index (χ0) is 18.4. The number of sulfonamides is 1. The topological polar surface area (TPSA) is 72.9 Å². The molecule has 2 aromatic carbocycles. The summed E-state index contributed by atoms with van der Waals surface area (Å²) in [5, 5.41) is 0. The summed E-state index contributed by atoms with van der Waals surface area (Å²) in [6.07, 6.45) is 0.724. The van der Waals surface area contributed by atoms with E-state index in [1.165, 1.54) is 38.4 Å². The second-order valence-corrected chi connectivity index (χ2v) is 7.27. The Balaban J connectivity index is 2.28. The summed E-state index contributed by atoms with van der Waals surface area (Å²) in [5.74, 6) is -0.0165. The highest BCUT2D eigenvalue weighted by atomic mass is 32.2. The van der Waals surface area contributed by atoms with E-state index in [0.717, 1.165) is 10.7 Å². The van der Waals surface area contributed by atoms with Crippen molar-refractivity contribution in [2.75, 3.05) is 25.1 Å². The molecular weight excluding hydrogens is 342 g/mol. The molecule has 2 rings (SSSR count). The Morgan fingerprint density at radius 2 is 1.72 bits per heavy atom. The molecule has 0 N–H and O–H groups in total. The first-order valence-corrected chi connectivity index (χ1v) is 9.25. The number of para-hydroxylation sites is 2. The lowest BCUT2D eigenvalue weighted by molar-refractivity contribution is 0.0505. The molecule has 0 saturated carbocycles. The lowest BCUT2D eigenvalue weighted by atomic mass is 10.2. The molecular formula is C18H21NO5S. The normalized spacial score (nSPS) is 11.0. The number of anilines is 1. The fourth-order valence-corrected chi connectivity index (χ4v) is 3.42. The average Bonchev–Trinajstić information content (AvgIpc) is 2.65. The highest BCUT2D eigenvalue weighted by Crippen LogP contribution is 2.30. The zero-order valence-electron chi connectivity index (χ0n) is 14.4. The third-order valence-corrected chi connectivity index (χ3v) is 5.40. The smallest absolute Gasteiger partial charge is 0.338 e. The van der Waals surface area contributed by atoms with Gasteiger partial charge in [0.05, 0.1) is 29.9 Å². The van der Waals surface area contributed by atoms with Crippen LogP contribution in [0.1, 0.15) is 23.7 Å². The van der Waals surface area contributed by atoms with Gasteiger partial charge in [-0.15, -0.1) is 0 Å². The van der Waals surface area contributed by atoms with Gasteiger partial charge in [0.15, 0.2) is 0 Å². The number of esters is 1. The molecule has 0 saturated heterocycles. The molecule has 0 spiro atoms. The van der Waals surface area contributed by atoms with Crippen molar-refractivity contribution in [3.63, 3.8) is 0 Å². The van der Waals surface area contributed by atoms with Crippen LogP contribution in [-0.4, -0.2) is 35.2 Å². The molecule has 0 unspecified atom stereocenters. The van der Waals surface area contributed by atoms with Crippen LogP contribution in [0.4, 0.5) is 5.69 Å². The van der Waals surface area contributed by atoms with E-state index in [0.29, 0.717) is 23.6 Å². The van der Waals surface area contributed by atoms with Crippen molar-refractivity contribution >= 4 is 21.7 Å². The summed E-state index contributed by atoms with van der Waals surface area (Å²) in [6.45, 7) is 2.23. The summed E-state index contributed by atoms with van der Waals surface area (Å²) in [4.78, 5) is 11.9. The molecule has 7 heteroatoms. The third-order valence-electron chi connectivity index (χ3n) is 3.61. The molecule has 0 heterocycles. The Morgan fingerprint density at radius 1 is 1.08 bits per heavy atom. The van der Waals surface area contributed by atoms with Crippen LogP contribution in [0.15, 0.2) is 53.4 Å². The molecule has 0 aromatic heterocycles. The molecule has 0 atom stereocenters. The molecule has 134 valence electrons. The predicted octanol–water partition coefficient (Wildman–Crippen LogP) is 3.09. The number of carbonyl (C=O) groups is 1. The average molecular weight is 363 g/mol. The van der Waals surface area contributed by atoms with E-state index >= 15 is 0 Å². The molecule has 2 aromatic rings. The van der Waals surface area contributed by atoms with E-state index in [9.17, 15) is 13.2 Å². The van der Waals surface area contributed by atoms with E-state index < -0.39 is 16.0 Å². The number of benzene rings is 2. The van der Waals surface area contributed by atoms with Crippen LogP contribution in [0.2, 0.25) is 0 Å². The Hall–Kier alpha value is -2.54. The van der Waals surface area contributed by atoms with Gasteiger partial charge in [0.2, 0.25) is 0 Å². The van der Waals surface area contributed by atoms with Gasteiger partial charge in [-0.1, -0.05) is 19.1 Å². The molecule has 25 heavy (non-hydrogen) atoms. The Bertz CT molecular complexity index is 831. The second-order valence-electron chi connectivity index (χ2n) is 5.30. The van der Waals surface area contributed by atoms with Crippen LogP contribution in [0.25, 0.3) is 0 Å². The number of rotatable bonds is 7. The SMILES string of the molecule is CCCOC(=O)c1ccc(S(=O)(=O)N(C)c2ccccc2OC)cc1. The number of nitrogens with zero attached hydrogens (tertiary/aromatic N) is 1. The number of ether oxygens (including phenoxy) is 2. The molecule has 0 aliphatic heterocycles. The van der Waals surface area contributed by atoms with Crippen LogP contribution in [0.3, 0.4) is 0 Å². The fourth-order valence-electron chi connectivity index (χ4n) is 2.22. The highest BCUT2D eigenvalue weighted by Gasteiger charge is 2.24. The maximum Gasteiger partial charge on any atom is 0.338 e. The largest absolute Gasteiger partial charge is 0.495 e. The van der Waals surface area contributed by atoms with E-state index in [2.05, 4.69) is 0 Å². The van der Waals surface area contributed by atoms with Crippen molar-refractivity contribution in [2.24, 2.45) is 0 Å². The Kier molecular flexibility index (Phi) is 6.03. The lowest BCUT2D eigenvalue weighted by Crippen LogP contribution is -2.27. The minimum Gasteiger partial charge on any atom is -0.495 e. The second kappa shape index (κ2) is 8.02. The Morgan fingerprint density at radius 3 is 2.32 bits per heavy atom. The van der Waals surface area contributed by atoms with Gasteiger partial charge in [-0.05, 0) is 42.8 Å². The van der Waals surface area contributed by atoms with Gasteiger partial charge < -0.3 is 9.47 Å². The van der Waals surface area contributed by atoms with Gasteiger partial charge >= 0.3 is 5.97 Å². The van der Waals surface area contributed by atoms with Crippen molar-refractivity contribution in [1.29, 1.82) is 0 Å². The van der Waals surface area contributed by atoms with Gasteiger partial charge in [0, 0.05) is 7.05 Å². The number of hydrogen-bond donors (Lipinski definition) is 0. The summed E-state index contributed by atoms with van der Waals surface area (Å²) in [7, 11) is -0.846. The van der Waals surface area contributed by atoms with Gasteiger partial charge in [-0.2, -0.15) is 0 Å². The van der Waals surface area contributed by atoms with Crippen LogP contribution in [0, 0.1) is 0 Å². The number of carbonyl (C=O) groups excluding carboxylic acids is 1. The summed E-state index contributed by atoms with van der Waals surface area (Å²) >= 11 is 0. The fraction of sp³-hybridized carbons (Fsp3) is 0.278. The molecule has 0 amide bonds. The molecule has 0 fully saturated rings. The van der Waals surface area contributed by atoms with Crippen molar-refractivity contribution in [3.8, 4) is 5.75 Å². The first kappa shape index (κ1) is 18.8. The maximum atomic E-state index is 12.8. The van der Waals surface area contributed by atoms with Crippen molar-refractivity contribution in [2.45, 2.75) is 18.2 Å². The quantitative estimate of drug-likeness (QED) is 0.707. The van der Waals surface area contributed by atoms with Gasteiger partial charge in [-0.3, -0.25) is 4.31 Å². The summed E-state index contributed by atoms with van der Waals surface area (Å²) < 4.78 is 37.0. The lowest BCUT2D eigenvalue weighted by Gasteiger charge is -2.21. The minimum absolute atomic E-state index is 0.0768. The molecule has 6 nitrogen and oxygen atoms in total. The Labute approximate surface area is 148 Å². The van der Waals surface area contributed by atoms with Gasteiger partial charge in [0.25, 0.3) is 10.0 Å². The zero-order valence-corrected chi connectivity index (χ0v) is 15.2.